The highest BCUT2D eigenvalue weighted by Gasteiger charge is 2.28. The topological polar surface area (TPSA) is 35.5 Å². The molecule has 118 valence electrons. The highest BCUT2D eigenvalue weighted by molar-refractivity contribution is 5.15. The summed E-state index contributed by atoms with van der Waals surface area (Å²) in [7, 11) is 0. The lowest BCUT2D eigenvalue weighted by Crippen LogP contribution is -2.35. The number of nitrogens with one attached hydrogen (secondary N) is 1. The molecule has 2 rings (SSSR count). The van der Waals surface area contributed by atoms with Gasteiger partial charge in [0.1, 0.15) is 0 Å². The van der Waals surface area contributed by atoms with Crippen LogP contribution in [-0.4, -0.2) is 41.3 Å². The molecular weight excluding hydrogens is 260 g/mol. The van der Waals surface area contributed by atoms with Gasteiger partial charge in [-0.25, -0.2) is 0 Å². The van der Waals surface area contributed by atoms with E-state index in [0.29, 0.717) is 18.0 Å². The van der Waals surface area contributed by atoms with Crippen molar-refractivity contribution in [3.63, 3.8) is 0 Å². The van der Waals surface area contributed by atoms with Crippen molar-refractivity contribution in [3.05, 3.63) is 35.9 Å². The van der Waals surface area contributed by atoms with Crippen LogP contribution in [0.5, 0.6) is 0 Å². The third kappa shape index (κ3) is 5.10. The van der Waals surface area contributed by atoms with Gasteiger partial charge in [0.25, 0.3) is 0 Å². The number of benzene rings is 1. The maximum atomic E-state index is 9.85. The second kappa shape index (κ2) is 7.92. The average Bonchev–Trinajstić information content (AvgIpc) is 2.80. The Hall–Kier alpha value is -0.900. The van der Waals surface area contributed by atoms with Crippen LogP contribution in [0.4, 0.5) is 0 Å². The van der Waals surface area contributed by atoms with Gasteiger partial charge in [0.2, 0.25) is 0 Å². The van der Waals surface area contributed by atoms with Crippen molar-refractivity contribution < 1.29 is 5.11 Å². The lowest BCUT2D eigenvalue weighted by molar-refractivity contribution is 0.115. The molecule has 0 amide bonds. The molecule has 0 bridgehead atoms. The lowest BCUT2D eigenvalue weighted by atomic mass is 10.0. The van der Waals surface area contributed by atoms with Gasteiger partial charge in [-0.2, -0.15) is 0 Å². The van der Waals surface area contributed by atoms with Crippen LogP contribution in [0.25, 0.3) is 0 Å². The summed E-state index contributed by atoms with van der Waals surface area (Å²) in [5, 5.41) is 13.5. The first-order chi connectivity index (χ1) is 10.1. The second-order valence-electron chi connectivity index (χ2n) is 6.75. The number of rotatable bonds is 7. The third-order valence-electron chi connectivity index (χ3n) is 4.58. The number of hydrogen-bond acceptors (Lipinski definition) is 3. The molecule has 1 saturated heterocycles. The van der Waals surface area contributed by atoms with E-state index in [-0.39, 0.29) is 6.10 Å². The van der Waals surface area contributed by atoms with Crippen molar-refractivity contribution in [2.24, 2.45) is 5.92 Å². The number of likely N-dealkylation sites (tertiary alicyclic amines) is 1. The Kier molecular flexibility index (Phi) is 6.22. The zero-order valence-electron chi connectivity index (χ0n) is 13.6. The largest absolute Gasteiger partial charge is 0.393 e. The smallest absolute Gasteiger partial charge is 0.0575 e. The van der Waals surface area contributed by atoms with Crippen molar-refractivity contribution in [1.82, 2.24) is 10.2 Å². The Morgan fingerprint density at radius 2 is 2.00 bits per heavy atom. The molecule has 1 aromatic carbocycles. The highest BCUT2D eigenvalue weighted by Crippen LogP contribution is 2.20. The minimum Gasteiger partial charge on any atom is -0.393 e. The van der Waals surface area contributed by atoms with Gasteiger partial charge in [0.05, 0.1) is 6.10 Å². The monoisotopic (exact) mass is 290 g/mol. The van der Waals surface area contributed by atoms with Crippen LogP contribution in [0.1, 0.15) is 39.2 Å². The minimum absolute atomic E-state index is 0.184. The summed E-state index contributed by atoms with van der Waals surface area (Å²) < 4.78 is 0. The van der Waals surface area contributed by atoms with Crippen LogP contribution in [0.3, 0.4) is 0 Å². The highest BCUT2D eigenvalue weighted by atomic mass is 16.3. The predicted octanol–water partition coefficient (Wildman–Crippen LogP) is 2.65. The summed E-state index contributed by atoms with van der Waals surface area (Å²) in [5.41, 5.74) is 1.39. The van der Waals surface area contributed by atoms with E-state index in [1.807, 2.05) is 0 Å². The van der Waals surface area contributed by atoms with Gasteiger partial charge < -0.3 is 10.4 Å². The number of aliphatic hydroxyl groups is 1. The molecule has 3 heteroatoms. The molecule has 0 aromatic heterocycles. The Balaban J connectivity index is 1.73. The zero-order valence-corrected chi connectivity index (χ0v) is 13.6. The fourth-order valence-corrected chi connectivity index (χ4v) is 3.05. The Morgan fingerprint density at radius 1 is 1.29 bits per heavy atom. The maximum absolute atomic E-state index is 9.85. The molecule has 0 aliphatic carbocycles. The van der Waals surface area contributed by atoms with E-state index in [2.05, 4.69) is 61.3 Å². The van der Waals surface area contributed by atoms with E-state index in [1.165, 1.54) is 12.0 Å². The Bertz CT molecular complexity index is 407. The molecule has 1 aromatic rings. The van der Waals surface area contributed by atoms with E-state index in [4.69, 9.17) is 0 Å². The predicted molar refractivity (Wildman–Crippen MR) is 88.2 cm³/mol. The molecule has 2 N–H and O–H groups in total. The molecule has 21 heavy (non-hydrogen) atoms. The molecule has 0 radical (unpaired) electrons. The molecule has 3 nitrogen and oxygen atoms in total. The van der Waals surface area contributed by atoms with Gasteiger partial charge in [0, 0.05) is 25.2 Å². The van der Waals surface area contributed by atoms with Crippen LogP contribution < -0.4 is 5.32 Å². The van der Waals surface area contributed by atoms with Gasteiger partial charge in [-0.05, 0) is 37.8 Å². The van der Waals surface area contributed by atoms with Gasteiger partial charge in [-0.15, -0.1) is 0 Å². The molecule has 1 aliphatic rings. The van der Waals surface area contributed by atoms with E-state index >= 15 is 0 Å². The van der Waals surface area contributed by atoms with Crippen LogP contribution >= 0.6 is 0 Å². The summed E-state index contributed by atoms with van der Waals surface area (Å²) >= 11 is 0. The van der Waals surface area contributed by atoms with Crippen molar-refractivity contribution in [1.29, 1.82) is 0 Å². The van der Waals surface area contributed by atoms with Gasteiger partial charge in [0.15, 0.2) is 0 Å². The van der Waals surface area contributed by atoms with Gasteiger partial charge in [-0.3, -0.25) is 4.90 Å². The second-order valence-corrected chi connectivity index (χ2v) is 6.75. The van der Waals surface area contributed by atoms with E-state index in [9.17, 15) is 5.11 Å². The van der Waals surface area contributed by atoms with E-state index in [0.717, 1.165) is 26.1 Å². The molecule has 1 heterocycles. The standard InChI is InChI=1S/C18H30N2O/c1-14(2)18(21)9-10-19-17-11-15(3)20(13-17)12-16-7-5-4-6-8-16/h4-8,14-15,17-19,21H,9-13H2,1-3H3. The van der Waals surface area contributed by atoms with Gasteiger partial charge >= 0.3 is 0 Å². The van der Waals surface area contributed by atoms with Crippen LogP contribution in [-0.2, 0) is 6.54 Å². The first-order valence-corrected chi connectivity index (χ1v) is 8.25. The number of aliphatic hydroxyl groups excluding tert-OH is 1. The Morgan fingerprint density at radius 3 is 2.67 bits per heavy atom. The maximum Gasteiger partial charge on any atom is 0.0575 e. The molecule has 0 saturated carbocycles. The van der Waals surface area contributed by atoms with Gasteiger partial charge in [-0.1, -0.05) is 44.2 Å². The van der Waals surface area contributed by atoms with E-state index < -0.39 is 0 Å². The summed E-state index contributed by atoms with van der Waals surface area (Å²) in [6.45, 7) is 9.51. The molecule has 3 unspecified atom stereocenters. The van der Waals surface area contributed by atoms with Crippen molar-refractivity contribution in [2.75, 3.05) is 13.1 Å². The first kappa shape index (κ1) is 16.5. The fourth-order valence-electron chi connectivity index (χ4n) is 3.05. The molecular formula is C18H30N2O. The average molecular weight is 290 g/mol. The fraction of sp³-hybridized carbons (Fsp3) is 0.667. The molecule has 1 fully saturated rings. The Labute approximate surface area is 129 Å². The van der Waals surface area contributed by atoms with E-state index in [1.54, 1.807) is 0 Å². The summed E-state index contributed by atoms with van der Waals surface area (Å²) in [6, 6.07) is 11.9. The first-order valence-electron chi connectivity index (χ1n) is 8.25. The lowest BCUT2D eigenvalue weighted by Gasteiger charge is -2.21. The summed E-state index contributed by atoms with van der Waals surface area (Å²) in [6.07, 6.45) is 1.86. The molecule has 0 spiro atoms. The van der Waals surface area contributed by atoms with Crippen molar-refractivity contribution in [2.45, 2.75) is 58.3 Å². The molecule has 1 aliphatic heterocycles. The number of hydrogen-bond donors (Lipinski definition) is 2. The molecule has 3 atom stereocenters. The van der Waals surface area contributed by atoms with Crippen molar-refractivity contribution >= 4 is 0 Å². The quantitative estimate of drug-likeness (QED) is 0.810. The SMILES string of the molecule is CC(C)C(O)CCNC1CC(C)N(Cc2ccccc2)C1. The van der Waals surface area contributed by atoms with Crippen molar-refractivity contribution in [3.8, 4) is 0 Å². The van der Waals surface area contributed by atoms with Crippen LogP contribution in [0.15, 0.2) is 30.3 Å². The normalized spacial score (nSPS) is 24.6. The number of nitrogens with zero attached hydrogens (tertiary/aromatic N) is 1. The van der Waals surface area contributed by atoms with Crippen LogP contribution in [0, 0.1) is 5.92 Å². The zero-order chi connectivity index (χ0) is 15.2. The summed E-state index contributed by atoms with van der Waals surface area (Å²) in [5.74, 6) is 0.351. The minimum atomic E-state index is -0.184. The third-order valence-corrected chi connectivity index (χ3v) is 4.58. The van der Waals surface area contributed by atoms with Crippen LogP contribution in [0.2, 0.25) is 0 Å². The summed E-state index contributed by atoms with van der Waals surface area (Å²) in [4.78, 5) is 2.55.